The van der Waals surface area contributed by atoms with Gasteiger partial charge in [0.2, 0.25) is 5.78 Å². The Morgan fingerprint density at radius 3 is 3.07 bits per heavy atom. The van der Waals surface area contributed by atoms with E-state index < -0.39 is 0 Å². The summed E-state index contributed by atoms with van der Waals surface area (Å²) in [4.78, 5) is 29.2. The second-order valence-corrected chi connectivity index (χ2v) is 9.35. The number of rotatable bonds is 4. The third kappa shape index (κ3) is 2.95. The molecule has 5 rings (SSSR count). The third-order valence-electron chi connectivity index (χ3n) is 5.33. The van der Waals surface area contributed by atoms with Crippen molar-refractivity contribution in [2.75, 3.05) is 0 Å². The first kappa shape index (κ1) is 17.9. The van der Waals surface area contributed by atoms with Crippen molar-refractivity contribution in [1.29, 1.82) is 0 Å². The van der Waals surface area contributed by atoms with Crippen LogP contribution in [0.3, 0.4) is 0 Å². The molecule has 144 valence electrons. The standard InChI is InChI=1S/C20H21N5OS2/c1-3-25-18(26)16-14-6-5-12(2)9-15(14)28-17(16)23-20(25)27-11-13-10-24-8-4-7-21-19(24)22-13/h4,7-8,10,12H,3,5-6,9,11H2,1-2H3. The quantitative estimate of drug-likeness (QED) is 0.376. The molecule has 0 radical (unpaired) electrons. The molecule has 4 aromatic heterocycles. The molecule has 1 aliphatic carbocycles. The van der Waals surface area contributed by atoms with Crippen LogP contribution in [0, 0.1) is 5.92 Å². The Kier molecular flexibility index (Phi) is 4.47. The highest BCUT2D eigenvalue weighted by molar-refractivity contribution is 7.98. The molecule has 0 bridgehead atoms. The lowest BCUT2D eigenvalue weighted by Crippen LogP contribution is -2.23. The van der Waals surface area contributed by atoms with Crippen LogP contribution in [-0.2, 0) is 25.1 Å². The number of hydrogen-bond acceptors (Lipinski definition) is 6. The molecule has 0 aliphatic heterocycles. The van der Waals surface area contributed by atoms with Crippen molar-refractivity contribution >= 4 is 39.1 Å². The summed E-state index contributed by atoms with van der Waals surface area (Å²) in [6.07, 6.45) is 8.88. The van der Waals surface area contributed by atoms with Crippen LogP contribution in [0.4, 0.5) is 0 Å². The number of imidazole rings is 1. The topological polar surface area (TPSA) is 65.1 Å². The summed E-state index contributed by atoms with van der Waals surface area (Å²) in [7, 11) is 0. The maximum absolute atomic E-state index is 13.2. The average Bonchev–Trinajstić information content (AvgIpc) is 3.26. The molecule has 1 aliphatic rings. The molecule has 0 saturated carbocycles. The zero-order valence-electron chi connectivity index (χ0n) is 15.9. The van der Waals surface area contributed by atoms with Gasteiger partial charge in [-0.25, -0.2) is 15.0 Å². The van der Waals surface area contributed by atoms with Gasteiger partial charge in [0.1, 0.15) is 4.83 Å². The van der Waals surface area contributed by atoms with Crippen LogP contribution < -0.4 is 5.56 Å². The normalized spacial score (nSPS) is 16.7. The molecule has 6 nitrogen and oxygen atoms in total. The summed E-state index contributed by atoms with van der Waals surface area (Å²) < 4.78 is 3.72. The fourth-order valence-electron chi connectivity index (χ4n) is 3.88. The van der Waals surface area contributed by atoms with Crippen LogP contribution in [0.15, 0.2) is 34.6 Å². The number of thiophene rings is 1. The molecule has 0 spiro atoms. The van der Waals surface area contributed by atoms with E-state index in [1.54, 1.807) is 29.3 Å². The van der Waals surface area contributed by atoms with Gasteiger partial charge < -0.3 is 0 Å². The maximum atomic E-state index is 13.2. The molecule has 1 unspecified atom stereocenters. The second-order valence-electron chi connectivity index (χ2n) is 7.32. The number of thioether (sulfide) groups is 1. The van der Waals surface area contributed by atoms with E-state index in [1.807, 2.05) is 34.4 Å². The summed E-state index contributed by atoms with van der Waals surface area (Å²) in [5.74, 6) is 2.03. The molecule has 4 aromatic rings. The van der Waals surface area contributed by atoms with Gasteiger partial charge in [0.25, 0.3) is 5.56 Å². The van der Waals surface area contributed by atoms with Crippen LogP contribution >= 0.6 is 23.1 Å². The first-order valence-electron chi connectivity index (χ1n) is 9.60. The number of nitrogens with zero attached hydrogens (tertiary/aromatic N) is 5. The van der Waals surface area contributed by atoms with E-state index >= 15 is 0 Å². The van der Waals surface area contributed by atoms with Gasteiger partial charge in [-0.2, -0.15) is 0 Å². The fourth-order valence-corrected chi connectivity index (χ4v) is 6.25. The Bertz CT molecular complexity index is 1210. The van der Waals surface area contributed by atoms with E-state index in [-0.39, 0.29) is 5.56 Å². The predicted molar refractivity (Wildman–Crippen MR) is 113 cm³/mol. The van der Waals surface area contributed by atoms with Crippen molar-refractivity contribution in [3.8, 4) is 0 Å². The van der Waals surface area contributed by atoms with E-state index in [0.717, 1.165) is 40.3 Å². The highest BCUT2D eigenvalue weighted by atomic mass is 32.2. The average molecular weight is 412 g/mol. The Hall–Kier alpha value is -2.19. The Morgan fingerprint density at radius 1 is 1.36 bits per heavy atom. The van der Waals surface area contributed by atoms with E-state index in [9.17, 15) is 4.79 Å². The lowest BCUT2D eigenvalue weighted by molar-refractivity contribution is 0.509. The van der Waals surface area contributed by atoms with Crippen molar-refractivity contribution in [3.63, 3.8) is 0 Å². The van der Waals surface area contributed by atoms with Crippen molar-refractivity contribution in [1.82, 2.24) is 23.9 Å². The van der Waals surface area contributed by atoms with Crippen molar-refractivity contribution in [2.45, 2.75) is 50.6 Å². The van der Waals surface area contributed by atoms with Gasteiger partial charge in [0.15, 0.2) is 5.16 Å². The number of hydrogen-bond donors (Lipinski definition) is 0. The summed E-state index contributed by atoms with van der Waals surface area (Å²) in [5, 5.41) is 1.63. The van der Waals surface area contributed by atoms with Crippen LogP contribution in [0.5, 0.6) is 0 Å². The largest absolute Gasteiger partial charge is 0.291 e. The fraction of sp³-hybridized carbons (Fsp3) is 0.400. The van der Waals surface area contributed by atoms with Crippen LogP contribution in [0.1, 0.15) is 36.4 Å². The highest BCUT2D eigenvalue weighted by Crippen LogP contribution is 2.36. The van der Waals surface area contributed by atoms with Gasteiger partial charge in [0, 0.05) is 35.8 Å². The first-order chi connectivity index (χ1) is 13.6. The molecular formula is C20H21N5OS2. The van der Waals surface area contributed by atoms with Crippen LogP contribution in [-0.4, -0.2) is 23.9 Å². The molecule has 0 N–H and O–H groups in total. The van der Waals surface area contributed by atoms with Gasteiger partial charge in [-0.05, 0) is 43.7 Å². The van der Waals surface area contributed by atoms with Crippen LogP contribution in [0.25, 0.3) is 16.0 Å². The zero-order chi connectivity index (χ0) is 19.3. The molecule has 1 atom stereocenters. The second kappa shape index (κ2) is 7.00. The van der Waals surface area contributed by atoms with Crippen molar-refractivity contribution in [2.24, 2.45) is 5.92 Å². The van der Waals surface area contributed by atoms with Crippen LogP contribution in [0.2, 0.25) is 0 Å². The summed E-state index contributed by atoms with van der Waals surface area (Å²) in [5.41, 5.74) is 2.29. The molecular weight excluding hydrogens is 390 g/mol. The molecule has 0 saturated heterocycles. The van der Waals surface area contributed by atoms with E-state index in [4.69, 9.17) is 4.98 Å². The molecule has 0 amide bonds. The lowest BCUT2D eigenvalue weighted by atomic mass is 9.89. The molecule has 0 aromatic carbocycles. The first-order valence-corrected chi connectivity index (χ1v) is 11.4. The minimum atomic E-state index is 0.110. The molecule has 28 heavy (non-hydrogen) atoms. The van der Waals surface area contributed by atoms with Crippen molar-refractivity contribution < 1.29 is 0 Å². The minimum absolute atomic E-state index is 0.110. The lowest BCUT2D eigenvalue weighted by Gasteiger charge is -2.17. The van der Waals surface area contributed by atoms with E-state index in [2.05, 4.69) is 16.9 Å². The monoisotopic (exact) mass is 411 g/mol. The van der Waals surface area contributed by atoms with Gasteiger partial charge in [-0.15, -0.1) is 11.3 Å². The van der Waals surface area contributed by atoms with E-state index in [0.29, 0.717) is 24.0 Å². The van der Waals surface area contributed by atoms with Gasteiger partial charge in [-0.1, -0.05) is 18.7 Å². The Labute approximate surface area is 170 Å². The maximum Gasteiger partial charge on any atom is 0.263 e. The molecule has 0 fully saturated rings. The third-order valence-corrected chi connectivity index (χ3v) is 7.49. The van der Waals surface area contributed by atoms with Gasteiger partial charge in [0.05, 0.1) is 11.1 Å². The number of fused-ring (bicyclic) bond motifs is 4. The van der Waals surface area contributed by atoms with Gasteiger partial charge in [-0.3, -0.25) is 13.8 Å². The number of aryl methyl sites for hydroxylation is 1. The summed E-state index contributed by atoms with van der Waals surface area (Å²) in [6, 6.07) is 1.88. The summed E-state index contributed by atoms with van der Waals surface area (Å²) in [6.45, 7) is 4.92. The Balaban J connectivity index is 1.52. The molecule has 8 heteroatoms. The Morgan fingerprint density at radius 2 is 2.25 bits per heavy atom. The smallest absolute Gasteiger partial charge is 0.263 e. The predicted octanol–water partition coefficient (Wildman–Crippen LogP) is 3.94. The molecule has 4 heterocycles. The van der Waals surface area contributed by atoms with Gasteiger partial charge >= 0.3 is 0 Å². The van der Waals surface area contributed by atoms with Crippen molar-refractivity contribution in [3.05, 3.63) is 51.1 Å². The highest BCUT2D eigenvalue weighted by Gasteiger charge is 2.24. The summed E-state index contributed by atoms with van der Waals surface area (Å²) >= 11 is 3.28. The number of aromatic nitrogens is 5. The SMILES string of the molecule is CCn1c(SCc2cn3cccnc3n2)nc2sc3c(c2c1=O)CCC(C)C3. The van der Waals surface area contributed by atoms with E-state index in [1.165, 1.54) is 10.4 Å². The zero-order valence-corrected chi connectivity index (χ0v) is 17.5. The minimum Gasteiger partial charge on any atom is -0.291 e.